The van der Waals surface area contributed by atoms with E-state index in [0.717, 1.165) is 11.6 Å². The molecule has 0 bridgehead atoms. The Morgan fingerprint density at radius 2 is 2.00 bits per heavy atom. The molecule has 20 heavy (non-hydrogen) atoms. The Morgan fingerprint density at radius 3 is 2.80 bits per heavy atom. The third kappa shape index (κ3) is 2.57. The summed E-state index contributed by atoms with van der Waals surface area (Å²) in [5.74, 6) is 0. The van der Waals surface area contributed by atoms with Gasteiger partial charge in [0.2, 0.25) is 0 Å². The molecule has 0 spiro atoms. The Bertz CT molecular complexity index is 606. The molecule has 2 aromatic carbocycles. The summed E-state index contributed by atoms with van der Waals surface area (Å²) in [5.41, 5.74) is 2.94. The van der Waals surface area contributed by atoms with E-state index in [1.807, 2.05) is 0 Å². The van der Waals surface area contributed by atoms with Gasteiger partial charge in [-0.05, 0) is 54.8 Å². The third-order valence-electron chi connectivity index (χ3n) is 4.33. The van der Waals surface area contributed by atoms with Crippen molar-refractivity contribution < 1.29 is 0 Å². The summed E-state index contributed by atoms with van der Waals surface area (Å²) in [6.07, 6.45) is 6.15. The minimum absolute atomic E-state index is 0.467. The van der Waals surface area contributed by atoms with Crippen molar-refractivity contribution in [1.82, 2.24) is 5.32 Å². The molecule has 0 saturated heterocycles. The van der Waals surface area contributed by atoms with Crippen LogP contribution < -0.4 is 5.32 Å². The second-order valence-corrected chi connectivity index (χ2v) is 6.13. The van der Waals surface area contributed by atoms with Gasteiger partial charge in [0.25, 0.3) is 0 Å². The highest BCUT2D eigenvalue weighted by Gasteiger charge is 2.21. The van der Waals surface area contributed by atoms with Crippen LogP contribution in [0.1, 0.15) is 49.8 Å². The van der Waals surface area contributed by atoms with Gasteiger partial charge in [0.15, 0.2) is 0 Å². The molecule has 0 aromatic heterocycles. The summed E-state index contributed by atoms with van der Waals surface area (Å²) in [4.78, 5) is 0. The van der Waals surface area contributed by atoms with Crippen molar-refractivity contribution in [3.63, 3.8) is 0 Å². The van der Waals surface area contributed by atoms with Crippen molar-refractivity contribution in [2.75, 3.05) is 6.54 Å². The van der Waals surface area contributed by atoms with Crippen molar-refractivity contribution in [3.8, 4) is 0 Å². The molecule has 1 aliphatic rings. The van der Waals surface area contributed by atoms with Gasteiger partial charge in [-0.1, -0.05) is 49.2 Å². The molecule has 1 atom stereocenters. The number of halogens is 1. The lowest BCUT2D eigenvalue weighted by atomic mass is 9.93. The van der Waals surface area contributed by atoms with Gasteiger partial charge in [0, 0.05) is 16.5 Å². The van der Waals surface area contributed by atoms with Crippen molar-refractivity contribution in [1.29, 1.82) is 0 Å². The zero-order chi connectivity index (χ0) is 13.9. The molecule has 3 rings (SSSR count). The SMILES string of the molecule is CCCNC1CCCCc2c1cc(Cl)c1ccccc21. The monoisotopic (exact) mass is 287 g/mol. The molecule has 1 aliphatic carbocycles. The summed E-state index contributed by atoms with van der Waals surface area (Å²) in [6, 6.07) is 11.2. The topological polar surface area (TPSA) is 12.0 Å². The molecular weight excluding hydrogens is 266 g/mol. The van der Waals surface area contributed by atoms with Crippen LogP contribution in [0.5, 0.6) is 0 Å². The Balaban J connectivity index is 2.13. The van der Waals surface area contributed by atoms with Crippen LogP contribution in [0.2, 0.25) is 5.02 Å². The summed E-state index contributed by atoms with van der Waals surface area (Å²) in [5, 5.41) is 7.14. The number of nitrogens with one attached hydrogen (secondary N) is 1. The second kappa shape index (κ2) is 6.15. The summed E-state index contributed by atoms with van der Waals surface area (Å²) in [7, 11) is 0. The Labute approximate surface area is 126 Å². The summed E-state index contributed by atoms with van der Waals surface area (Å²) >= 11 is 6.52. The van der Waals surface area contributed by atoms with Crippen LogP contribution in [-0.4, -0.2) is 6.54 Å². The van der Waals surface area contributed by atoms with Gasteiger partial charge in [-0.2, -0.15) is 0 Å². The van der Waals surface area contributed by atoms with E-state index in [0.29, 0.717) is 6.04 Å². The first-order valence-corrected chi connectivity index (χ1v) is 8.12. The van der Waals surface area contributed by atoms with Crippen molar-refractivity contribution in [2.24, 2.45) is 0 Å². The van der Waals surface area contributed by atoms with E-state index >= 15 is 0 Å². The molecule has 0 fully saturated rings. The molecule has 0 heterocycles. The van der Waals surface area contributed by atoms with Crippen LogP contribution in [0.3, 0.4) is 0 Å². The maximum atomic E-state index is 6.52. The molecule has 0 saturated carbocycles. The first-order valence-electron chi connectivity index (χ1n) is 7.74. The zero-order valence-corrected chi connectivity index (χ0v) is 12.8. The van der Waals surface area contributed by atoms with Gasteiger partial charge in [0.1, 0.15) is 0 Å². The average Bonchev–Trinajstić information content (AvgIpc) is 2.68. The van der Waals surface area contributed by atoms with Gasteiger partial charge >= 0.3 is 0 Å². The lowest BCUT2D eigenvalue weighted by Gasteiger charge is -2.21. The predicted octanol–water partition coefficient (Wildman–Crippen LogP) is 5.26. The second-order valence-electron chi connectivity index (χ2n) is 5.72. The van der Waals surface area contributed by atoms with E-state index in [4.69, 9.17) is 11.6 Å². The molecule has 1 N–H and O–H groups in total. The van der Waals surface area contributed by atoms with Crippen LogP contribution in [0.4, 0.5) is 0 Å². The van der Waals surface area contributed by atoms with E-state index in [2.05, 4.69) is 42.6 Å². The maximum absolute atomic E-state index is 6.52. The molecule has 2 aromatic rings. The van der Waals surface area contributed by atoms with Crippen LogP contribution in [0, 0.1) is 0 Å². The smallest absolute Gasteiger partial charge is 0.0487 e. The minimum Gasteiger partial charge on any atom is -0.310 e. The number of hydrogen-bond donors (Lipinski definition) is 1. The van der Waals surface area contributed by atoms with Gasteiger partial charge < -0.3 is 5.32 Å². The number of rotatable bonds is 3. The fraction of sp³-hybridized carbons (Fsp3) is 0.444. The maximum Gasteiger partial charge on any atom is 0.0487 e. The quantitative estimate of drug-likeness (QED) is 0.759. The van der Waals surface area contributed by atoms with Crippen LogP contribution >= 0.6 is 11.6 Å². The normalized spacial score (nSPS) is 18.8. The average molecular weight is 288 g/mol. The number of aryl methyl sites for hydroxylation is 1. The lowest BCUT2D eigenvalue weighted by Crippen LogP contribution is -2.22. The van der Waals surface area contributed by atoms with Crippen molar-refractivity contribution >= 4 is 22.4 Å². The van der Waals surface area contributed by atoms with Crippen LogP contribution in [-0.2, 0) is 6.42 Å². The molecule has 1 unspecified atom stereocenters. The van der Waals surface area contributed by atoms with E-state index in [-0.39, 0.29) is 0 Å². The fourth-order valence-electron chi connectivity index (χ4n) is 3.34. The highest BCUT2D eigenvalue weighted by atomic mass is 35.5. The van der Waals surface area contributed by atoms with Crippen LogP contribution in [0.25, 0.3) is 10.8 Å². The van der Waals surface area contributed by atoms with Gasteiger partial charge in [-0.15, -0.1) is 0 Å². The first kappa shape index (κ1) is 13.9. The Kier molecular flexibility index (Phi) is 4.28. The van der Waals surface area contributed by atoms with E-state index in [1.165, 1.54) is 54.0 Å². The molecule has 0 aliphatic heterocycles. The minimum atomic E-state index is 0.467. The van der Waals surface area contributed by atoms with E-state index in [9.17, 15) is 0 Å². The van der Waals surface area contributed by atoms with Gasteiger partial charge in [0.05, 0.1) is 0 Å². The number of hydrogen-bond acceptors (Lipinski definition) is 1. The Hall–Kier alpha value is -1.05. The van der Waals surface area contributed by atoms with Gasteiger partial charge in [-0.3, -0.25) is 0 Å². The van der Waals surface area contributed by atoms with E-state index < -0.39 is 0 Å². The van der Waals surface area contributed by atoms with Crippen LogP contribution in [0.15, 0.2) is 30.3 Å². The van der Waals surface area contributed by atoms with Crippen molar-refractivity contribution in [3.05, 3.63) is 46.5 Å². The number of benzene rings is 2. The van der Waals surface area contributed by atoms with Crippen molar-refractivity contribution in [2.45, 2.75) is 45.1 Å². The predicted molar refractivity (Wildman–Crippen MR) is 87.5 cm³/mol. The highest BCUT2D eigenvalue weighted by Crippen LogP contribution is 2.37. The molecule has 0 amide bonds. The fourth-order valence-corrected chi connectivity index (χ4v) is 3.62. The van der Waals surface area contributed by atoms with E-state index in [1.54, 1.807) is 0 Å². The summed E-state index contributed by atoms with van der Waals surface area (Å²) in [6.45, 7) is 3.30. The standard InChI is InChI=1S/C18H22ClN/c1-2-11-20-18-10-6-5-8-14-13-7-3-4-9-15(13)17(19)12-16(14)18/h3-4,7,9,12,18,20H,2,5-6,8,10-11H2,1H3. The Morgan fingerprint density at radius 1 is 1.20 bits per heavy atom. The molecule has 106 valence electrons. The molecule has 0 radical (unpaired) electrons. The van der Waals surface area contributed by atoms with Gasteiger partial charge in [-0.25, -0.2) is 0 Å². The highest BCUT2D eigenvalue weighted by molar-refractivity contribution is 6.35. The largest absolute Gasteiger partial charge is 0.310 e. The molecular formula is C18H22ClN. The lowest BCUT2D eigenvalue weighted by molar-refractivity contribution is 0.490. The third-order valence-corrected chi connectivity index (χ3v) is 4.64. The summed E-state index contributed by atoms with van der Waals surface area (Å²) < 4.78 is 0. The molecule has 1 nitrogen and oxygen atoms in total. The first-order chi connectivity index (χ1) is 9.81. The molecule has 2 heteroatoms. The number of fused-ring (bicyclic) bond motifs is 3. The zero-order valence-electron chi connectivity index (χ0n) is 12.1.